The van der Waals surface area contributed by atoms with E-state index in [0.29, 0.717) is 0 Å². The minimum absolute atomic E-state index is 0.837. The summed E-state index contributed by atoms with van der Waals surface area (Å²) in [6.07, 6.45) is 5.08. The molecule has 0 bridgehead atoms. The first-order valence-corrected chi connectivity index (χ1v) is 3.15. The third-order valence-corrected chi connectivity index (χ3v) is 1.60. The van der Waals surface area contributed by atoms with Crippen molar-refractivity contribution in [1.29, 1.82) is 0 Å². The lowest BCUT2D eigenvalue weighted by Gasteiger charge is -1.86. The lowest BCUT2D eigenvalue weighted by Crippen LogP contribution is -1.80. The van der Waals surface area contributed by atoms with Gasteiger partial charge in [-0.05, 0) is 6.07 Å². The van der Waals surface area contributed by atoms with E-state index < -0.39 is 0 Å². The Hall–Kier alpha value is -1.09. The maximum atomic E-state index is 5.64. The van der Waals surface area contributed by atoms with Crippen molar-refractivity contribution >= 4 is 22.7 Å². The van der Waals surface area contributed by atoms with Gasteiger partial charge in [0.15, 0.2) is 0 Å². The number of hydrogen-bond acceptors (Lipinski definition) is 2. The molecule has 0 radical (unpaired) electrons. The molecule has 2 rings (SSSR count). The van der Waals surface area contributed by atoms with Crippen LogP contribution in [0.3, 0.4) is 0 Å². The molecule has 50 valence electrons. The Morgan fingerprint density at radius 2 is 2.30 bits per heavy atom. The van der Waals surface area contributed by atoms with E-state index >= 15 is 0 Å². The lowest BCUT2D eigenvalue weighted by atomic mass is 10.3. The Balaban J connectivity index is 2.93. The second kappa shape index (κ2) is 1.95. The SMILES string of the molecule is Cln1ncc2ccncc21. The standard InChI is InChI=1S/C6H4ClN3/c7-10-6-4-8-2-1-5(6)3-9-10/h1-4H. The maximum Gasteiger partial charge on any atom is 0.105 e. The first-order chi connectivity index (χ1) is 4.88. The van der Waals surface area contributed by atoms with Gasteiger partial charge < -0.3 is 0 Å². The number of halogens is 1. The molecule has 0 aromatic carbocycles. The Kier molecular flexibility index (Phi) is 1.11. The summed E-state index contributed by atoms with van der Waals surface area (Å²) in [5.74, 6) is 0. The van der Waals surface area contributed by atoms with E-state index in [9.17, 15) is 0 Å². The van der Waals surface area contributed by atoms with Crippen LogP contribution in [0.1, 0.15) is 0 Å². The maximum absolute atomic E-state index is 5.64. The van der Waals surface area contributed by atoms with E-state index in [1.54, 1.807) is 18.6 Å². The molecular weight excluding hydrogens is 150 g/mol. The highest BCUT2D eigenvalue weighted by Crippen LogP contribution is 2.10. The number of fused-ring (bicyclic) bond motifs is 1. The van der Waals surface area contributed by atoms with Crippen LogP contribution in [0.4, 0.5) is 0 Å². The predicted molar refractivity (Wildman–Crippen MR) is 38.8 cm³/mol. The summed E-state index contributed by atoms with van der Waals surface area (Å²) in [6, 6.07) is 1.86. The molecular formula is C6H4ClN3. The largest absolute Gasteiger partial charge is 0.262 e. The van der Waals surface area contributed by atoms with Crippen LogP contribution in [-0.4, -0.2) is 14.3 Å². The first-order valence-electron chi connectivity index (χ1n) is 2.82. The van der Waals surface area contributed by atoms with Crippen molar-refractivity contribution in [3.8, 4) is 0 Å². The van der Waals surface area contributed by atoms with Crippen LogP contribution in [0.15, 0.2) is 24.7 Å². The highest BCUT2D eigenvalue weighted by molar-refractivity contribution is 6.18. The van der Waals surface area contributed by atoms with Gasteiger partial charge in [0.05, 0.1) is 12.4 Å². The van der Waals surface area contributed by atoms with Gasteiger partial charge in [0, 0.05) is 23.4 Å². The fraction of sp³-hybridized carbons (Fsp3) is 0. The number of pyridine rings is 1. The van der Waals surface area contributed by atoms with Gasteiger partial charge in [-0.2, -0.15) is 9.30 Å². The molecule has 0 unspecified atom stereocenters. The van der Waals surface area contributed by atoms with E-state index in [1.807, 2.05) is 6.07 Å². The van der Waals surface area contributed by atoms with Crippen LogP contribution >= 0.6 is 11.8 Å². The molecule has 0 spiro atoms. The van der Waals surface area contributed by atoms with Gasteiger partial charge in [-0.1, -0.05) is 0 Å². The number of rotatable bonds is 0. The lowest BCUT2D eigenvalue weighted by molar-refractivity contribution is 1.02. The predicted octanol–water partition coefficient (Wildman–Crippen LogP) is 1.43. The van der Waals surface area contributed by atoms with Crippen molar-refractivity contribution in [2.24, 2.45) is 0 Å². The molecule has 2 aromatic heterocycles. The van der Waals surface area contributed by atoms with E-state index in [-0.39, 0.29) is 0 Å². The van der Waals surface area contributed by atoms with E-state index in [4.69, 9.17) is 11.8 Å². The average molecular weight is 154 g/mol. The number of nitrogens with zero attached hydrogens (tertiary/aromatic N) is 3. The first kappa shape index (κ1) is 5.68. The topological polar surface area (TPSA) is 30.7 Å². The van der Waals surface area contributed by atoms with Crippen molar-refractivity contribution in [3.63, 3.8) is 0 Å². The third-order valence-electron chi connectivity index (χ3n) is 1.33. The average Bonchev–Trinajstić information content (AvgIpc) is 2.34. The number of aromatic nitrogens is 3. The monoisotopic (exact) mass is 153 g/mol. The zero-order valence-corrected chi connectivity index (χ0v) is 5.78. The van der Waals surface area contributed by atoms with Crippen LogP contribution in [-0.2, 0) is 0 Å². The van der Waals surface area contributed by atoms with Crippen LogP contribution in [0.25, 0.3) is 10.9 Å². The highest BCUT2D eigenvalue weighted by Gasteiger charge is 1.96. The Morgan fingerprint density at radius 1 is 1.40 bits per heavy atom. The van der Waals surface area contributed by atoms with Gasteiger partial charge in [-0.25, -0.2) is 0 Å². The van der Waals surface area contributed by atoms with Gasteiger partial charge in [-0.15, -0.1) is 0 Å². The fourth-order valence-electron chi connectivity index (χ4n) is 0.835. The molecule has 0 saturated carbocycles. The van der Waals surface area contributed by atoms with Crippen LogP contribution < -0.4 is 0 Å². The van der Waals surface area contributed by atoms with Crippen LogP contribution in [0.5, 0.6) is 0 Å². The van der Waals surface area contributed by atoms with Gasteiger partial charge in [0.1, 0.15) is 5.52 Å². The molecule has 2 heterocycles. The zero-order valence-electron chi connectivity index (χ0n) is 5.03. The second-order valence-corrected chi connectivity index (χ2v) is 2.26. The summed E-state index contributed by atoms with van der Waals surface area (Å²) in [6.45, 7) is 0. The molecule has 0 aliphatic rings. The van der Waals surface area contributed by atoms with Crippen molar-refractivity contribution in [2.45, 2.75) is 0 Å². The third kappa shape index (κ3) is 0.675. The molecule has 4 heteroatoms. The smallest absolute Gasteiger partial charge is 0.105 e. The van der Waals surface area contributed by atoms with Crippen LogP contribution in [0, 0.1) is 0 Å². The minimum Gasteiger partial charge on any atom is -0.262 e. The molecule has 0 saturated heterocycles. The van der Waals surface area contributed by atoms with Gasteiger partial charge in [0.2, 0.25) is 0 Å². The molecule has 0 N–H and O–H groups in total. The molecule has 2 aromatic rings. The molecule has 10 heavy (non-hydrogen) atoms. The second-order valence-electron chi connectivity index (χ2n) is 1.94. The van der Waals surface area contributed by atoms with Crippen molar-refractivity contribution < 1.29 is 0 Å². The van der Waals surface area contributed by atoms with Gasteiger partial charge in [-0.3, -0.25) is 4.98 Å². The Morgan fingerprint density at radius 3 is 3.10 bits per heavy atom. The van der Waals surface area contributed by atoms with Crippen molar-refractivity contribution in [3.05, 3.63) is 24.7 Å². The minimum atomic E-state index is 0.837. The van der Waals surface area contributed by atoms with Gasteiger partial charge >= 0.3 is 0 Å². The highest BCUT2D eigenvalue weighted by atomic mass is 35.5. The Labute approximate surface area is 62.4 Å². The quantitative estimate of drug-likeness (QED) is 0.573. The molecule has 0 aliphatic heterocycles. The van der Waals surface area contributed by atoms with E-state index in [1.165, 1.54) is 4.20 Å². The molecule has 0 atom stereocenters. The van der Waals surface area contributed by atoms with Gasteiger partial charge in [0.25, 0.3) is 0 Å². The summed E-state index contributed by atoms with van der Waals surface area (Å²) in [5.41, 5.74) is 0.837. The summed E-state index contributed by atoms with van der Waals surface area (Å²) in [5, 5.41) is 4.84. The summed E-state index contributed by atoms with van der Waals surface area (Å²) in [7, 11) is 0. The summed E-state index contributed by atoms with van der Waals surface area (Å²) >= 11 is 5.64. The normalized spacial score (nSPS) is 10.5. The molecule has 3 nitrogen and oxygen atoms in total. The number of hydrogen-bond donors (Lipinski definition) is 0. The van der Waals surface area contributed by atoms with Crippen molar-refractivity contribution in [1.82, 2.24) is 14.3 Å². The molecule has 0 aliphatic carbocycles. The Bertz CT molecular complexity index is 355. The van der Waals surface area contributed by atoms with E-state index in [2.05, 4.69) is 10.1 Å². The summed E-state index contributed by atoms with van der Waals surface area (Å²) in [4.78, 5) is 3.90. The van der Waals surface area contributed by atoms with E-state index in [0.717, 1.165) is 10.9 Å². The zero-order chi connectivity index (χ0) is 6.97. The van der Waals surface area contributed by atoms with Crippen LogP contribution in [0.2, 0.25) is 0 Å². The summed E-state index contributed by atoms with van der Waals surface area (Å²) < 4.78 is 1.28. The fourth-order valence-corrected chi connectivity index (χ4v) is 1.02. The van der Waals surface area contributed by atoms with Crippen molar-refractivity contribution in [2.75, 3.05) is 0 Å². The molecule has 0 fully saturated rings. The molecule has 0 amide bonds.